The third kappa shape index (κ3) is 5.10. The molecule has 1 fully saturated rings. The largest absolute Gasteiger partial charge is 0.350 e. The van der Waals surface area contributed by atoms with E-state index in [4.69, 9.17) is 0 Å². The minimum atomic E-state index is -3.28. The lowest BCUT2D eigenvalue weighted by Gasteiger charge is -2.28. The summed E-state index contributed by atoms with van der Waals surface area (Å²) >= 11 is 0. The molecule has 1 amide bonds. The predicted octanol–water partition coefficient (Wildman–Crippen LogP) is 3.37. The molecule has 1 aliphatic rings. The molecule has 3 rings (SSSR count). The van der Waals surface area contributed by atoms with Crippen molar-refractivity contribution in [2.75, 3.05) is 16.6 Å². The van der Waals surface area contributed by atoms with Crippen LogP contribution in [0.4, 0.5) is 5.69 Å². The fraction of sp³-hybridized carbons (Fsp3) is 0.381. The number of nitrogens with one attached hydrogen (secondary N) is 1. The lowest BCUT2D eigenvalue weighted by atomic mass is 10.1. The van der Waals surface area contributed by atoms with Crippen molar-refractivity contribution in [3.8, 4) is 0 Å². The van der Waals surface area contributed by atoms with E-state index in [1.54, 1.807) is 24.3 Å². The Morgan fingerprint density at radius 1 is 1.11 bits per heavy atom. The van der Waals surface area contributed by atoms with E-state index in [0.717, 1.165) is 19.3 Å². The lowest BCUT2D eigenvalue weighted by molar-refractivity contribution is 0.0938. The van der Waals surface area contributed by atoms with E-state index in [2.05, 4.69) is 17.4 Å². The quantitative estimate of drug-likeness (QED) is 0.828. The molecule has 0 aromatic heterocycles. The molecule has 2 aromatic rings. The van der Waals surface area contributed by atoms with Crippen molar-refractivity contribution in [3.63, 3.8) is 0 Å². The van der Waals surface area contributed by atoms with Gasteiger partial charge in [-0.15, -0.1) is 0 Å². The second-order valence-corrected chi connectivity index (χ2v) is 9.06. The first-order valence-electron chi connectivity index (χ1n) is 9.41. The molecule has 0 saturated carbocycles. The number of hydrogen-bond donors (Lipinski definition) is 1. The first-order valence-corrected chi connectivity index (χ1v) is 11.0. The fourth-order valence-electron chi connectivity index (χ4n) is 3.29. The standard InChI is InChI=1S/C21H26N2O3S/c1-17(12-13-18-8-3-2-4-9-18)22-21(24)19-10-7-11-20(16-19)23-14-5-6-15-27(23,25)26/h2-4,7-11,16-17H,5-6,12-15H2,1H3,(H,22,24)/t17-/m1/s1. The van der Waals surface area contributed by atoms with Gasteiger partial charge in [0.05, 0.1) is 11.4 Å². The van der Waals surface area contributed by atoms with Gasteiger partial charge in [-0.3, -0.25) is 9.10 Å². The van der Waals surface area contributed by atoms with Crippen LogP contribution in [0.15, 0.2) is 54.6 Å². The predicted molar refractivity (Wildman–Crippen MR) is 109 cm³/mol. The number of carbonyl (C=O) groups is 1. The number of sulfonamides is 1. The van der Waals surface area contributed by atoms with Crippen molar-refractivity contribution in [1.29, 1.82) is 0 Å². The van der Waals surface area contributed by atoms with Crippen LogP contribution in [-0.4, -0.2) is 32.7 Å². The average Bonchev–Trinajstić information content (AvgIpc) is 2.67. The molecule has 0 radical (unpaired) electrons. The van der Waals surface area contributed by atoms with E-state index >= 15 is 0 Å². The van der Waals surface area contributed by atoms with Gasteiger partial charge in [0.2, 0.25) is 10.0 Å². The van der Waals surface area contributed by atoms with Gasteiger partial charge in [-0.25, -0.2) is 8.42 Å². The maximum Gasteiger partial charge on any atom is 0.251 e. The van der Waals surface area contributed by atoms with Crippen molar-refractivity contribution in [1.82, 2.24) is 5.32 Å². The van der Waals surface area contributed by atoms with Crippen molar-refractivity contribution in [2.45, 2.75) is 38.6 Å². The van der Waals surface area contributed by atoms with Crippen LogP contribution >= 0.6 is 0 Å². The highest BCUT2D eigenvalue weighted by atomic mass is 32.2. The average molecular weight is 387 g/mol. The normalized spacial score (nSPS) is 17.3. The molecule has 0 bridgehead atoms. The number of hydrogen-bond acceptors (Lipinski definition) is 3. The Kier molecular flexibility index (Phi) is 6.16. The van der Waals surface area contributed by atoms with Gasteiger partial charge in [0.15, 0.2) is 0 Å². The third-order valence-electron chi connectivity index (χ3n) is 4.83. The van der Waals surface area contributed by atoms with Gasteiger partial charge in [0, 0.05) is 18.2 Å². The maximum absolute atomic E-state index is 12.6. The zero-order valence-electron chi connectivity index (χ0n) is 15.6. The van der Waals surface area contributed by atoms with E-state index < -0.39 is 10.0 Å². The van der Waals surface area contributed by atoms with Crippen molar-refractivity contribution < 1.29 is 13.2 Å². The van der Waals surface area contributed by atoms with Crippen LogP contribution in [0.3, 0.4) is 0 Å². The molecule has 0 unspecified atom stereocenters. The number of rotatable bonds is 6. The molecule has 144 valence electrons. The molecule has 5 nitrogen and oxygen atoms in total. The Morgan fingerprint density at radius 2 is 1.89 bits per heavy atom. The van der Waals surface area contributed by atoms with Crippen LogP contribution in [0.25, 0.3) is 0 Å². The van der Waals surface area contributed by atoms with Crippen LogP contribution in [-0.2, 0) is 16.4 Å². The number of benzene rings is 2. The van der Waals surface area contributed by atoms with E-state index in [1.807, 2.05) is 25.1 Å². The zero-order valence-corrected chi connectivity index (χ0v) is 16.4. The monoisotopic (exact) mass is 386 g/mol. The second kappa shape index (κ2) is 8.57. The van der Waals surface area contributed by atoms with E-state index in [0.29, 0.717) is 24.2 Å². The lowest BCUT2D eigenvalue weighted by Crippen LogP contribution is -2.38. The summed E-state index contributed by atoms with van der Waals surface area (Å²) in [7, 11) is -3.28. The third-order valence-corrected chi connectivity index (χ3v) is 6.70. The SMILES string of the molecule is C[C@H](CCc1ccccc1)NC(=O)c1cccc(N2CCCCS2(=O)=O)c1. The summed E-state index contributed by atoms with van der Waals surface area (Å²) < 4.78 is 26.0. The Bertz CT molecular complexity index is 881. The van der Waals surface area contributed by atoms with Crippen LogP contribution in [0.1, 0.15) is 42.1 Å². The molecule has 1 N–H and O–H groups in total. The minimum absolute atomic E-state index is 0.0279. The van der Waals surface area contributed by atoms with Crippen LogP contribution in [0.2, 0.25) is 0 Å². The highest BCUT2D eigenvalue weighted by Gasteiger charge is 2.26. The Labute approximate surface area is 161 Å². The number of nitrogens with zero attached hydrogens (tertiary/aromatic N) is 1. The number of amides is 1. The van der Waals surface area contributed by atoms with Crippen LogP contribution in [0.5, 0.6) is 0 Å². The van der Waals surface area contributed by atoms with Crippen LogP contribution < -0.4 is 9.62 Å². The Hall–Kier alpha value is -2.34. The number of carbonyl (C=O) groups excluding carboxylic acids is 1. The molecular weight excluding hydrogens is 360 g/mol. The summed E-state index contributed by atoms with van der Waals surface area (Å²) in [6, 6.07) is 17.1. The van der Waals surface area contributed by atoms with Crippen molar-refractivity contribution in [3.05, 3.63) is 65.7 Å². The molecular formula is C21H26N2O3S. The highest BCUT2D eigenvalue weighted by molar-refractivity contribution is 7.92. The summed E-state index contributed by atoms with van der Waals surface area (Å²) in [5.41, 5.74) is 2.30. The Balaban J connectivity index is 1.63. The topological polar surface area (TPSA) is 66.5 Å². The number of anilines is 1. The summed E-state index contributed by atoms with van der Waals surface area (Å²) in [4.78, 5) is 12.6. The summed E-state index contributed by atoms with van der Waals surface area (Å²) in [5, 5.41) is 3.01. The minimum Gasteiger partial charge on any atom is -0.350 e. The van der Waals surface area contributed by atoms with Crippen molar-refractivity contribution >= 4 is 21.6 Å². The first kappa shape index (κ1) is 19.4. The first-order chi connectivity index (χ1) is 13.0. The zero-order chi connectivity index (χ0) is 19.3. The van der Waals surface area contributed by atoms with Crippen molar-refractivity contribution in [2.24, 2.45) is 0 Å². The molecule has 6 heteroatoms. The molecule has 1 atom stereocenters. The highest BCUT2D eigenvalue weighted by Crippen LogP contribution is 2.24. The van der Waals surface area contributed by atoms with E-state index in [1.165, 1.54) is 9.87 Å². The summed E-state index contributed by atoms with van der Waals surface area (Å²) in [6.07, 6.45) is 3.27. The smallest absolute Gasteiger partial charge is 0.251 e. The van der Waals surface area contributed by atoms with E-state index in [-0.39, 0.29) is 17.7 Å². The summed E-state index contributed by atoms with van der Waals surface area (Å²) in [6.45, 7) is 2.46. The number of aryl methyl sites for hydroxylation is 1. The van der Waals surface area contributed by atoms with E-state index in [9.17, 15) is 13.2 Å². The Morgan fingerprint density at radius 3 is 2.63 bits per heavy atom. The van der Waals surface area contributed by atoms with Gasteiger partial charge in [0.1, 0.15) is 0 Å². The maximum atomic E-state index is 12.6. The molecule has 1 aliphatic heterocycles. The molecule has 1 heterocycles. The van der Waals surface area contributed by atoms with Gasteiger partial charge in [-0.2, -0.15) is 0 Å². The molecule has 0 spiro atoms. The molecule has 0 aliphatic carbocycles. The van der Waals surface area contributed by atoms with Gasteiger partial charge in [0.25, 0.3) is 5.91 Å². The van der Waals surface area contributed by atoms with Crippen LogP contribution in [0, 0.1) is 0 Å². The molecule has 27 heavy (non-hydrogen) atoms. The second-order valence-electron chi connectivity index (χ2n) is 7.04. The van der Waals surface area contributed by atoms with Gasteiger partial charge >= 0.3 is 0 Å². The summed E-state index contributed by atoms with van der Waals surface area (Å²) in [5.74, 6) is -0.00763. The fourth-order valence-corrected chi connectivity index (χ4v) is 4.92. The van der Waals surface area contributed by atoms with Gasteiger partial charge in [-0.05, 0) is 56.4 Å². The van der Waals surface area contributed by atoms with Gasteiger partial charge in [-0.1, -0.05) is 36.4 Å². The molecule has 1 saturated heterocycles. The van der Waals surface area contributed by atoms with Gasteiger partial charge < -0.3 is 5.32 Å². The molecule has 2 aromatic carbocycles.